The minimum Gasteiger partial charge on any atom is -0.378 e. The second-order valence-corrected chi connectivity index (χ2v) is 3.88. The lowest BCUT2D eigenvalue weighted by atomic mass is 10.3. The van der Waals surface area contributed by atoms with Gasteiger partial charge in [-0.25, -0.2) is 0 Å². The molecule has 76 valence electrons. The van der Waals surface area contributed by atoms with Gasteiger partial charge in [-0.2, -0.15) is 10.2 Å². The maximum Gasteiger partial charge on any atom is 0.0821 e. The van der Waals surface area contributed by atoms with Crippen LogP contribution in [-0.4, -0.2) is 15.2 Å². The fourth-order valence-electron chi connectivity index (χ4n) is 1.13. The zero-order chi connectivity index (χ0) is 10.5. The van der Waals surface area contributed by atoms with Crippen molar-refractivity contribution >= 4 is 21.6 Å². The molecule has 0 aliphatic rings. The van der Waals surface area contributed by atoms with Crippen LogP contribution in [0.4, 0.5) is 5.69 Å². The summed E-state index contributed by atoms with van der Waals surface area (Å²) in [6, 6.07) is 5.75. The lowest BCUT2D eigenvalue weighted by Crippen LogP contribution is -2.02. The minimum absolute atomic E-state index is 0.645. The first kappa shape index (κ1) is 10.0. The van der Waals surface area contributed by atoms with Crippen LogP contribution in [0.3, 0.4) is 0 Å². The van der Waals surface area contributed by atoms with E-state index < -0.39 is 0 Å². The summed E-state index contributed by atoms with van der Waals surface area (Å²) in [7, 11) is 0. The maximum atomic E-state index is 4.05. The molecular formula is C10H9BrN4. The van der Waals surface area contributed by atoms with E-state index in [1.807, 2.05) is 18.2 Å². The van der Waals surface area contributed by atoms with Gasteiger partial charge in [0.05, 0.1) is 24.1 Å². The summed E-state index contributed by atoms with van der Waals surface area (Å²) in [5.41, 5.74) is 1.85. The molecule has 0 aliphatic carbocycles. The average molecular weight is 265 g/mol. The van der Waals surface area contributed by atoms with Gasteiger partial charge in [0.25, 0.3) is 0 Å². The van der Waals surface area contributed by atoms with Crippen molar-refractivity contribution in [2.24, 2.45) is 0 Å². The van der Waals surface area contributed by atoms with Gasteiger partial charge in [0.15, 0.2) is 0 Å². The van der Waals surface area contributed by atoms with E-state index in [1.165, 1.54) is 0 Å². The zero-order valence-electron chi connectivity index (χ0n) is 7.89. The fraction of sp³-hybridized carbons (Fsp3) is 0.100. The molecule has 0 amide bonds. The zero-order valence-corrected chi connectivity index (χ0v) is 9.48. The monoisotopic (exact) mass is 264 g/mol. The molecular weight excluding hydrogens is 256 g/mol. The predicted molar refractivity (Wildman–Crippen MR) is 61.3 cm³/mol. The Kier molecular flexibility index (Phi) is 3.24. The average Bonchev–Trinajstić information content (AvgIpc) is 2.28. The Hall–Kier alpha value is -1.49. The van der Waals surface area contributed by atoms with Gasteiger partial charge >= 0.3 is 0 Å². The van der Waals surface area contributed by atoms with Crippen LogP contribution >= 0.6 is 15.9 Å². The topological polar surface area (TPSA) is 50.7 Å². The van der Waals surface area contributed by atoms with Crippen molar-refractivity contribution in [3.8, 4) is 0 Å². The highest BCUT2D eigenvalue weighted by Crippen LogP contribution is 2.13. The van der Waals surface area contributed by atoms with E-state index in [2.05, 4.69) is 36.4 Å². The highest BCUT2D eigenvalue weighted by molar-refractivity contribution is 9.10. The van der Waals surface area contributed by atoms with E-state index in [-0.39, 0.29) is 0 Å². The SMILES string of the molecule is Brc1cncc(NCc2cccnn2)c1. The first-order valence-corrected chi connectivity index (χ1v) is 5.25. The molecule has 0 aliphatic heterocycles. The third-order valence-corrected chi connectivity index (χ3v) is 2.24. The summed E-state index contributed by atoms with van der Waals surface area (Å²) in [5, 5.41) is 11.0. The molecule has 0 aromatic carbocycles. The van der Waals surface area contributed by atoms with Crippen molar-refractivity contribution in [2.45, 2.75) is 6.54 Å². The van der Waals surface area contributed by atoms with Crippen LogP contribution in [0, 0.1) is 0 Å². The first-order chi connectivity index (χ1) is 7.34. The van der Waals surface area contributed by atoms with Crippen LogP contribution in [0.2, 0.25) is 0 Å². The van der Waals surface area contributed by atoms with Crippen LogP contribution in [-0.2, 0) is 6.54 Å². The molecule has 2 aromatic rings. The summed E-state index contributed by atoms with van der Waals surface area (Å²) in [6.45, 7) is 0.645. The van der Waals surface area contributed by atoms with Crippen molar-refractivity contribution in [2.75, 3.05) is 5.32 Å². The molecule has 2 rings (SSSR count). The lowest BCUT2D eigenvalue weighted by Gasteiger charge is -2.04. The van der Waals surface area contributed by atoms with Gasteiger partial charge in [-0.15, -0.1) is 0 Å². The number of pyridine rings is 1. The standard InChI is InChI=1S/C10H9BrN4/c11-8-4-10(6-12-5-8)13-7-9-2-1-3-14-15-9/h1-6,13H,7H2. The maximum absolute atomic E-state index is 4.05. The van der Waals surface area contributed by atoms with Gasteiger partial charge in [0, 0.05) is 16.9 Å². The van der Waals surface area contributed by atoms with E-state index in [0.29, 0.717) is 6.54 Å². The van der Waals surface area contributed by atoms with Gasteiger partial charge in [0.1, 0.15) is 0 Å². The smallest absolute Gasteiger partial charge is 0.0821 e. The van der Waals surface area contributed by atoms with Crippen LogP contribution in [0.1, 0.15) is 5.69 Å². The lowest BCUT2D eigenvalue weighted by molar-refractivity contribution is 0.924. The molecule has 0 saturated carbocycles. The molecule has 0 bridgehead atoms. The fourth-order valence-corrected chi connectivity index (χ4v) is 1.49. The van der Waals surface area contributed by atoms with Gasteiger partial charge in [-0.05, 0) is 34.1 Å². The number of anilines is 1. The number of aromatic nitrogens is 3. The molecule has 0 atom stereocenters. The number of nitrogens with one attached hydrogen (secondary N) is 1. The number of nitrogens with zero attached hydrogens (tertiary/aromatic N) is 3. The van der Waals surface area contributed by atoms with Crippen molar-refractivity contribution in [3.63, 3.8) is 0 Å². The molecule has 0 fully saturated rings. The Balaban J connectivity index is 1.99. The summed E-state index contributed by atoms with van der Waals surface area (Å²) >= 11 is 3.36. The second kappa shape index (κ2) is 4.84. The Labute approximate surface area is 95.9 Å². The van der Waals surface area contributed by atoms with Crippen LogP contribution < -0.4 is 5.32 Å². The van der Waals surface area contributed by atoms with Gasteiger partial charge in [-0.1, -0.05) is 0 Å². The molecule has 15 heavy (non-hydrogen) atoms. The van der Waals surface area contributed by atoms with E-state index in [9.17, 15) is 0 Å². The molecule has 1 N–H and O–H groups in total. The van der Waals surface area contributed by atoms with E-state index in [0.717, 1.165) is 15.9 Å². The highest BCUT2D eigenvalue weighted by atomic mass is 79.9. The third kappa shape index (κ3) is 2.99. The number of hydrogen-bond donors (Lipinski definition) is 1. The van der Waals surface area contributed by atoms with Gasteiger partial charge < -0.3 is 5.32 Å². The molecule has 2 heterocycles. The molecule has 2 aromatic heterocycles. The third-order valence-electron chi connectivity index (χ3n) is 1.81. The summed E-state index contributed by atoms with van der Waals surface area (Å²) in [6.07, 6.45) is 5.17. The molecule has 0 radical (unpaired) electrons. The Morgan fingerprint density at radius 3 is 3.00 bits per heavy atom. The summed E-state index contributed by atoms with van der Waals surface area (Å²) < 4.78 is 0.951. The Bertz CT molecular complexity index is 432. The largest absolute Gasteiger partial charge is 0.378 e. The summed E-state index contributed by atoms with van der Waals surface area (Å²) in [4.78, 5) is 4.05. The van der Waals surface area contributed by atoms with Crippen LogP contribution in [0.25, 0.3) is 0 Å². The normalized spacial score (nSPS) is 9.93. The van der Waals surface area contributed by atoms with Gasteiger partial charge in [-0.3, -0.25) is 4.98 Å². The van der Waals surface area contributed by atoms with E-state index in [1.54, 1.807) is 18.6 Å². The van der Waals surface area contributed by atoms with E-state index in [4.69, 9.17) is 0 Å². The van der Waals surface area contributed by atoms with Crippen molar-refractivity contribution in [1.82, 2.24) is 15.2 Å². The molecule has 5 heteroatoms. The number of rotatable bonds is 3. The van der Waals surface area contributed by atoms with Crippen molar-refractivity contribution in [3.05, 3.63) is 47.0 Å². The predicted octanol–water partition coefficient (Wildman–Crippen LogP) is 2.25. The number of halogens is 1. The molecule has 0 spiro atoms. The first-order valence-electron chi connectivity index (χ1n) is 4.45. The highest BCUT2D eigenvalue weighted by Gasteiger charge is 1.95. The van der Waals surface area contributed by atoms with E-state index >= 15 is 0 Å². The van der Waals surface area contributed by atoms with Crippen LogP contribution in [0.5, 0.6) is 0 Å². The Morgan fingerprint density at radius 1 is 1.33 bits per heavy atom. The van der Waals surface area contributed by atoms with Crippen molar-refractivity contribution in [1.29, 1.82) is 0 Å². The van der Waals surface area contributed by atoms with Gasteiger partial charge in [0.2, 0.25) is 0 Å². The molecule has 4 nitrogen and oxygen atoms in total. The molecule has 0 unspecified atom stereocenters. The quantitative estimate of drug-likeness (QED) is 0.924. The minimum atomic E-state index is 0.645. The second-order valence-electron chi connectivity index (χ2n) is 2.96. The summed E-state index contributed by atoms with van der Waals surface area (Å²) in [5.74, 6) is 0. The van der Waals surface area contributed by atoms with Crippen LogP contribution in [0.15, 0.2) is 41.3 Å². The number of hydrogen-bond acceptors (Lipinski definition) is 4. The van der Waals surface area contributed by atoms with Crippen molar-refractivity contribution < 1.29 is 0 Å². The Morgan fingerprint density at radius 2 is 2.27 bits per heavy atom. The molecule has 0 saturated heterocycles.